The maximum atomic E-state index is 11.9. The number of benzene rings is 2. The lowest BCUT2D eigenvalue weighted by atomic mass is 10.2. The predicted molar refractivity (Wildman–Crippen MR) is 112 cm³/mol. The van der Waals surface area contributed by atoms with Crippen LogP contribution in [0.3, 0.4) is 0 Å². The van der Waals surface area contributed by atoms with E-state index < -0.39 is 0 Å². The van der Waals surface area contributed by atoms with Crippen LogP contribution >= 0.6 is 0 Å². The molecule has 152 valence electrons. The first-order valence-electron chi connectivity index (χ1n) is 9.70. The number of nitrogens with zero attached hydrogens (tertiary/aromatic N) is 5. The minimum atomic E-state index is -0.336. The Morgan fingerprint density at radius 3 is 2.70 bits per heavy atom. The van der Waals surface area contributed by atoms with Crippen molar-refractivity contribution in [1.82, 2.24) is 24.8 Å². The highest BCUT2D eigenvalue weighted by molar-refractivity contribution is 5.90. The van der Waals surface area contributed by atoms with Crippen molar-refractivity contribution in [3.8, 4) is 5.75 Å². The standard InChI is InChI=1S/C22H21N5O3/c1-16(28)27-20-11-10-19(14-18(20)9-12-22(27)29)30-13-5-8-21-23-24-25-26(21)15-17-6-3-2-4-7-17/h2-4,6-7,9-12,14H,5,8,13,15H2,1H3. The van der Waals surface area contributed by atoms with E-state index in [2.05, 4.69) is 15.5 Å². The van der Waals surface area contributed by atoms with Gasteiger partial charge in [0.1, 0.15) is 5.75 Å². The maximum Gasteiger partial charge on any atom is 0.257 e. The number of rotatable bonds is 7. The van der Waals surface area contributed by atoms with Gasteiger partial charge in [-0.25, -0.2) is 9.25 Å². The normalized spacial score (nSPS) is 11.0. The summed E-state index contributed by atoms with van der Waals surface area (Å²) in [6.07, 6.45) is 1.44. The van der Waals surface area contributed by atoms with Crippen LogP contribution in [0.2, 0.25) is 0 Å². The van der Waals surface area contributed by atoms with Crippen LogP contribution < -0.4 is 10.3 Å². The molecule has 0 atom stereocenters. The van der Waals surface area contributed by atoms with E-state index in [1.165, 1.54) is 13.0 Å². The topological polar surface area (TPSA) is 91.9 Å². The predicted octanol–water partition coefficient (Wildman–Crippen LogP) is 2.71. The number of hydrogen-bond donors (Lipinski definition) is 0. The SMILES string of the molecule is CC(=O)n1c(=O)ccc2cc(OCCCc3nnnn3Cc3ccccc3)ccc21. The first-order valence-corrected chi connectivity index (χ1v) is 9.70. The number of tetrazole rings is 1. The van der Waals surface area contributed by atoms with Crippen LogP contribution in [0.1, 0.15) is 29.5 Å². The second kappa shape index (κ2) is 8.69. The lowest BCUT2D eigenvalue weighted by molar-refractivity contribution is 0.0937. The van der Waals surface area contributed by atoms with E-state index in [-0.39, 0.29) is 11.5 Å². The molecule has 2 aromatic carbocycles. The number of aryl methyl sites for hydroxylation is 1. The minimum Gasteiger partial charge on any atom is -0.494 e. The molecule has 2 aromatic heterocycles. The van der Waals surface area contributed by atoms with Gasteiger partial charge in [0.2, 0.25) is 5.91 Å². The lowest BCUT2D eigenvalue weighted by Gasteiger charge is -2.10. The van der Waals surface area contributed by atoms with Gasteiger partial charge in [-0.15, -0.1) is 5.10 Å². The second-order valence-corrected chi connectivity index (χ2v) is 6.94. The van der Waals surface area contributed by atoms with Crippen molar-refractivity contribution >= 4 is 16.8 Å². The molecule has 8 heteroatoms. The molecule has 0 radical (unpaired) electrons. The monoisotopic (exact) mass is 403 g/mol. The van der Waals surface area contributed by atoms with Crippen LogP contribution in [0.25, 0.3) is 10.9 Å². The lowest BCUT2D eigenvalue weighted by Crippen LogP contribution is -2.23. The summed E-state index contributed by atoms with van der Waals surface area (Å²) in [7, 11) is 0. The Morgan fingerprint density at radius 1 is 1.07 bits per heavy atom. The molecule has 8 nitrogen and oxygen atoms in total. The van der Waals surface area contributed by atoms with E-state index in [1.54, 1.807) is 22.9 Å². The summed E-state index contributed by atoms with van der Waals surface area (Å²) in [5.74, 6) is 1.18. The van der Waals surface area contributed by atoms with Gasteiger partial charge in [0, 0.05) is 24.8 Å². The van der Waals surface area contributed by atoms with Crippen LogP contribution in [0.5, 0.6) is 5.75 Å². The number of aromatic nitrogens is 5. The van der Waals surface area contributed by atoms with Crippen LogP contribution in [0.4, 0.5) is 0 Å². The number of ether oxygens (including phenoxy) is 1. The molecule has 0 fully saturated rings. The highest BCUT2D eigenvalue weighted by Gasteiger charge is 2.09. The van der Waals surface area contributed by atoms with Crippen LogP contribution in [-0.2, 0) is 13.0 Å². The molecule has 0 spiro atoms. The summed E-state index contributed by atoms with van der Waals surface area (Å²) in [4.78, 5) is 23.7. The smallest absolute Gasteiger partial charge is 0.257 e. The van der Waals surface area contributed by atoms with E-state index in [0.717, 1.165) is 27.8 Å². The van der Waals surface area contributed by atoms with E-state index in [0.29, 0.717) is 30.8 Å². The molecule has 4 aromatic rings. The summed E-state index contributed by atoms with van der Waals surface area (Å²) in [5.41, 5.74) is 1.38. The number of carbonyl (C=O) groups excluding carboxylic acids is 1. The molecule has 0 aliphatic rings. The van der Waals surface area contributed by atoms with Crippen molar-refractivity contribution in [2.24, 2.45) is 0 Å². The maximum absolute atomic E-state index is 11.9. The highest BCUT2D eigenvalue weighted by Crippen LogP contribution is 2.20. The fraction of sp³-hybridized carbons (Fsp3) is 0.227. The number of carbonyl (C=O) groups is 1. The molecule has 0 N–H and O–H groups in total. The number of pyridine rings is 1. The van der Waals surface area contributed by atoms with Crippen molar-refractivity contribution in [3.05, 3.63) is 82.4 Å². The minimum absolute atomic E-state index is 0.313. The average Bonchev–Trinajstić information content (AvgIpc) is 3.18. The summed E-state index contributed by atoms with van der Waals surface area (Å²) in [5, 5.41) is 12.7. The van der Waals surface area contributed by atoms with Crippen molar-refractivity contribution in [2.75, 3.05) is 6.61 Å². The van der Waals surface area contributed by atoms with Gasteiger partial charge in [0.05, 0.1) is 18.7 Å². The molecule has 0 aliphatic heterocycles. The first-order chi connectivity index (χ1) is 14.6. The van der Waals surface area contributed by atoms with Crippen LogP contribution in [0.15, 0.2) is 65.5 Å². The van der Waals surface area contributed by atoms with Gasteiger partial charge >= 0.3 is 0 Å². The van der Waals surface area contributed by atoms with Gasteiger partial charge in [-0.3, -0.25) is 9.59 Å². The first kappa shape index (κ1) is 19.5. The molecule has 2 heterocycles. The van der Waals surface area contributed by atoms with Crippen molar-refractivity contribution < 1.29 is 9.53 Å². The van der Waals surface area contributed by atoms with Crippen molar-refractivity contribution in [1.29, 1.82) is 0 Å². The Balaban J connectivity index is 1.37. The zero-order valence-corrected chi connectivity index (χ0v) is 16.6. The van der Waals surface area contributed by atoms with Gasteiger partial charge in [0.15, 0.2) is 5.82 Å². The van der Waals surface area contributed by atoms with Gasteiger partial charge in [-0.1, -0.05) is 30.3 Å². The Hall–Kier alpha value is -3.81. The van der Waals surface area contributed by atoms with Crippen molar-refractivity contribution in [2.45, 2.75) is 26.3 Å². The molecule has 4 rings (SSSR count). The fourth-order valence-corrected chi connectivity index (χ4v) is 3.34. The Labute approximate surface area is 172 Å². The Kier molecular flexibility index (Phi) is 5.65. The molecule has 0 aliphatic carbocycles. The van der Waals surface area contributed by atoms with Crippen LogP contribution in [0, 0.1) is 0 Å². The van der Waals surface area contributed by atoms with E-state index >= 15 is 0 Å². The van der Waals surface area contributed by atoms with Crippen LogP contribution in [-0.4, -0.2) is 37.3 Å². The Bertz CT molecular complexity index is 1230. The molecule has 0 saturated heterocycles. The zero-order chi connectivity index (χ0) is 20.9. The third kappa shape index (κ3) is 4.27. The molecule has 0 amide bonds. The zero-order valence-electron chi connectivity index (χ0n) is 16.6. The molecule has 0 saturated carbocycles. The summed E-state index contributed by atoms with van der Waals surface area (Å²) in [6.45, 7) is 2.50. The Morgan fingerprint density at radius 2 is 1.90 bits per heavy atom. The molecule has 0 bridgehead atoms. The van der Waals surface area contributed by atoms with E-state index in [1.807, 2.05) is 36.4 Å². The molecular formula is C22H21N5O3. The average molecular weight is 403 g/mol. The molecule has 30 heavy (non-hydrogen) atoms. The third-order valence-electron chi connectivity index (χ3n) is 4.78. The van der Waals surface area contributed by atoms with Gasteiger partial charge in [-0.05, 0) is 46.7 Å². The fourth-order valence-electron chi connectivity index (χ4n) is 3.34. The summed E-state index contributed by atoms with van der Waals surface area (Å²) >= 11 is 0. The van der Waals surface area contributed by atoms with Gasteiger partial charge < -0.3 is 4.74 Å². The van der Waals surface area contributed by atoms with Crippen molar-refractivity contribution in [3.63, 3.8) is 0 Å². The largest absolute Gasteiger partial charge is 0.494 e. The van der Waals surface area contributed by atoms with Gasteiger partial charge in [0.25, 0.3) is 5.56 Å². The summed E-state index contributed by atoms with van der Waals surface area (Å²) < 4.78 is 8.81. The second-order valence-electron chi connectivity index (χ2n) is 6.94. The van der Waals surface area contributed by atoms with E-state index in [9.17, 15) is 9.59 Å². The van der Waals surface area contributed by atoms with E-state index in [4.69, 9.17) is 4.74 Å². The highest BCUT2D eigenvalue weighted by atomic mass is 16.5. The molecular weight excluding hydrogens is 382 g/mol. The quantitative estimate of drug-likeness (QED) is 0.441. The number of hydrogen-bond acceptors (Lipinski definition) is 6. The number of fused-ring (bicyclic) bond motifs is 1. The van der Waals surface area contributed by atoms with Gasteiger partial charge in [-0.2, -0.15) is 0 Å². The third-order valence-corrected chi connectivity index (χ3v) is 4.78. The summed E-state index contributed by atoms with van der Waals surface area (Å²) in [6, 6.07) is 18.5. The molecule has 0 unspecified atom stereocenters.